The summed E-state index contributed by atoms with van der Waals surface area (Å²) in [5.74, 6) is 2.72. The number of carbonyl (C=O) groups excluding carboxylic acids is 1. The second kappa shape index (κ2) is 10.8. The van der Waals surface area contributed by atoms with E-state index in [2.05, 4.69) is 92.9 Å². The maximum absolute atomic E-state index is 13.1. The normalized spacial score (nSPS) is 15.8. The fourth-order valence-electron chi connectivity index (χ4n) is 5.39. The summed E-state index contributed by atoms with van der Waals surface area (Å²) in [7, 11) is 0. The number of nitrogens with zero attached hydrogens (tertiary/aromatic N) is 3. The van der Waals surface area contributed by atoms with E-state index in [0.717, 1.165) is 47.7 Å². The first-order chi connectivity index (χ1) is 17.9. The molecule has 5 heteroatoms. The lowest BCUT2D eigenvalue weighted by Crippen LogP contribution is -2.24. The lowest BCUT2D eigenvalue weighted by Gasteiger charge is -2.19. The zero-order chi connectivity index (χ0) is 25.9. The number of ether oxygens (including phenoxy) is 1. The van der Waals surface area contributed by atoms with E-state index in [0.29, 0.717) is 25.5 Å². The molecule has 37 heavy (non-hydrogen) atoms. The van der Waals surface area contributed by atoms with Crippen molar-refractivity contribution in [2.24, 2.45) is 0 Å². The Morgan fingerprint density at radius 1 is 0.973 bits per heavy atom. The van der Waals surface area contributed by atoms with E-state index in [-0.39, 0.29) is 11.8 Å². The molecule has 1 unspecified atom stereocenters. The van der Waals surface area contributed by atoms with Crippen molar-refractivity contribution < 1.29 is 9.53 Å². The molecule has 5 nitrogen and oxygen atoms in total. The number of rotatable bonds is 9. The van der Waals surface area contributed by atoms with Gasteiger partial charge in [-0.25, -0.2) is 4.98 Å². The summed E-state index contributed by atoms with van der Waals surface area (Å²) in [6.45, 7) is 10.8. The number of aromatic nitrogens is 2. The first-order valence-electron chi connectivity index (χ1n) is 13.5. The molecule has 0 N–H and O–H groups in total. The van der Waals surface area contributed by atoms with Crippen LogP contribution in [0.15, 0.2) is 66.7 Å². The molecule has 1 atom stereocenters. The van der Waals surface area contributed by atoms with Crippen LogP contribution >= 0.6 is 0 Å². The van der Waals surface area contributed by atoms with E-state index in [1.165, 1.54) is 16.7 Å². The van der Waals surface area contributed by atoms with E-state index in [1.54, 1.807) is 0 Å². The van der Waals surface area contributed by atoms with Gasteiger partial charge in [-0.15, -0.1) is 0 Å². The zero-order valence-electron chi connectivity index (χ0n) is 22.4. The average molecular weight is 496 g/mol. The van der Waals surface area contributed by atoms with Gasteiger partial charge < -0.3 is 14.2 Å². The molecule has 4 aromatic rings. The second-order valence-electron chi connectivity index (χ2n) is 10.6. The number of unbranched alkanes of at least 4 members (excludes halogenated alkanes) is 1. The summed E-state index contributed by atoms with van der Waals surface area (Å²) in [6.07, 6.45) is 2.43. The van der Waals surface area contributed by atoms with Gasteiger partial charge in [0.15, 0.2) is 0 Å². The molecule has 192 valence electrons. The quantitative estimate of drug-likeness (QED) is 0.232. The van der Waals surface area contributed by atoms with Crippen molar-refractivity contribution in [3.8, 4) is 5.75 Å². The highest BCUT2D eigenvalue weighted by atomic mass is 16.5. The molecule has 0 radical (unpaired) electrons. The Bertz CT molecular complexity index is 1370. The van der Waals surface area contributed by atoms with Crippen LogP contribution in [0.5, 0.6) is 5.75 Å². The molecule has 3 aromatic carbocycles. The van der Waals surface area contributed by atoms with Gasteiger partial charge in [-0.2, -0.15) is 0 Å². The largest absolute Gasteiger partial charge is 0.494 e. The highest BCUT2D eigenvalue weighted by Gasteiger charge is 2.35. The smallest absolute Gasteiger partial charge is 0.227 e. The Morgan fingerprint density at radius 3 is 2.43 bits per heavy atom. The van der Waals surface area contributed by atoms with Gasteiger partial charge in [0.2, 0.25) is 5.91 Å². The standard InChI is InChI=1S/C32H37N3O2/c1-22(2)25-11-13-28(14-12-25)37-16-8-7-15-34-30-10-6-5-9-29(30)33-32(34)26-20-31(36)35(21-26)27-18-23(3)17-24(4)19-27/h5-6,9-14,17-19,22,26H,7-8,15-16,20-21H2,1-4H3. The highest BCUT2D eigenvalue weighted by Crippen LogP contribution is 2.34. The van der Waals surface area contributed by atoms with Gasteiger partial charge in [0, 0.05) is 31.1 Å². The molecule has 1 aliphatic heterocycles. The van der Waals surface area contributed by atoms with Crippen LogP contribution in [-0.2, 0) is 11.3 Å². The van der Waals surface area contributed by atoms with Crippen molar-refractivity contribution in [2.75, 3.05) is 18.1 Å². The predicted octanol–water partition coefficient (Wildman–Crippen LogP) is 7.16. The maximum atomic E-state index is 13.1. The summed E-state index contributed by atoms with van der Waals surface area (Å²) in [5, 5.41) is 0. The van der Waals surface area contributed by atoms with Gasteiger partial charge in [0.25, 0.3) is 0 Å². The van der Waals surface area contributed by atoms with Crippen molar-refractivity contribution in [2.45, 2.75) is 65.3 Å². The number of para-hydroxylation sites is 2. The second-order valence-corrected chi connectivity index (χ2v) is 10.6. The number of hydrogen-bond donors (Lipinski definition) is 0. The number of carbonyl (C=O) groups is 1. The van der Waals surface area contributed by atoms with Crippen LogP contribution in [0.1, 0.15) is 67.5 Å². The third-order valence-corrected chi connectivity index (χ3v) is 7.28. The molecule has 0 bridgehead atoms. The lowest BCUT2D eigenvalue weighted by atomic mass is 10.0. The Balaban J connectivity index is 1.27. The summed E-state index contributed by atoms with van der Waals surface area (Å²) in [4.78, 5) is 20.0. The summed E-state index contributed by atoms with van der Waals surface area (Å²) < 4.78 is 8.33. The van der Waals surface area contributed by atoms with Gasteiger partial charge in [-0.1, -0.05) is 44.2 Å². The van der Waals surface area contributed by atoms with Crippen LogP contribution in [0.4, 0.5) is 5.69 Å². The van der Waals surface area contributed by atoms with Crippen molar-refractivity contribution in [3.63, 3.8) is 0 Å². The van der Waals surface area contributed by atoms with E-state index >= 15 is 0 Å². The molecule has 1 saturated heterocycles. The Kier molecular flexibility index (Phi) is 7.31. The number of anilines is 1. The van der Waals surface area contributed by atoms with Crippen LogP contribution in [0.25, 0.3) is 11.0 Å². The van der Waals surface area contributed by atoms with Crippen molar-refractivity contribution in [3.05, 3.63) is 89.2 Å². The van der Waals surface area contributed by atoms with Crippen molar-refractivity contribution >= 4 is 22.6 Å². The third-order valence-electron chi connectivity index (χ3n) is 7.28. The SMILES string of the molecule is Cc1cc(C)cc(N2CC(c3nc4ccccc4n3CCCCOc3ccc(C(C)C)cc3)CC2=O)c1. The topological polar surface area (TPSA) is 47.4 Å². The first kappa shape index (κ1) is 25.1. The predicted molar refractivity (Wildman–Crippen MR) is 151 cm³/mol. The number of aryl methyl sites for hydroxylation is 3. The van der Waals surface area contributed by atoms with Crippen molar-refractivity contribution in [1.29, 1.82) is 0 Å². The molecule has 2 heterocycles. The van der Waals surface area contributed by atoms with Crippen molar-refractivity contribution in [1.82, 2.24) is 9.55 Å². The fourth-order valence-corrected chi connectivity index (χ4v) is 5.39. The monoisotopic (exact) mass is 495 g/mol. The number of imidazole rings is 1. The van der Waals surface area contributed by atoms with E-state index in [1.807, 2.05) is 11.0 Å². The minimum atomic E-state index is 0.0800. The Labute approximate surface area is 220 Å². The lowest BCUT2D eigenvalue weighted by molar-refractivity contribution is -0.117. The van der Waals surface area contributed by atoms with Gasteiger partial charge >= 0.3 is 0 Å². The summed E-state index contributed by atoms with van der Waals surface area (Å²) in [5.41, 5.74) is 6.81. The molecule has 5 rings (SSSR count). The molecule has 0 saturated carbocycles. The average Bonchev–Trinajstić information content (AvgIpc) is 3.44. The third kappa shape index (κ3) is 5.56. The Hall–Kier alpha value is -3.60. The molecular weight excluding hydrogens is 458 g/mol. The molecule has 0 spiro atoms. The molecule has 1 amide bonds. The number of amides is 1. The fraction of sp³-hybridized carbons (Fsp3) is 0.375. The van der Waals surface area contributed by atoms with Gasteiger partial charge in [-0.3, -0.25) is 4.79 Å². The molecule has 1 aliphatic rings. The maximum Gasteiger partial charge on any atom is 0.227 e. The zero-order valence-corrected chi connectivity index (χ0v) is 22.4. The molecular formula is C32H37N3O2. The van der Waals surface area contributed by atoms with E-state index in [9.17, 15) is 4.79 Å². The van der Waals surface area contributed by atoms with Crippen LogP contribution in [0.2, 0.25) is 0 Å². The highest BCUT2D eigenvalue weighted by molar-refractivity contribution is 5.96. The summed E-state index contributed by atoms with van der Waals surface area (Å²) >= 11 is 0. The van der Waals surface area contributed by atoms with Crippen LogP contribution in [-0.4, -0.2) is 28.6 Å². The molecule has 0 aliphatic carbocycles. The van der Waals surface area contributed by atoms with Gasteiger partial charge in [-0.05, 0) is 85.7 Å². The minimum absolute atomic E-state index is 0.0800. The van der Waals surface area contributed by atoms with Crippen LogP contribution < -0.4 is 9.64 Å². The molecule has 1 aromatic heterocycles. The number of benzene rings is 3. The summed E-state index contributed by atoms with van der Waals surface area (Å²) in [6, 6.07) is 23.1. The Morgan fingerprint density at radius 2 is 1.70 bits per heavy atom. The van der Waals surface area contributed by atoms with Gasteiger partial charge in [0.1, 0.15) is 11.6 Å². The number of fused-ring (bicyclic) bond motifs is 1. The van der Waals surface area contributed by atoms with Crippen LogP contribution in [0, 0.1) is 13.8 Å². The number of hydrogen-bond acceptors (Lipinski definition) is 3. The minimum Gasteiger partial charge on any atom is -0.494 e. The first-order valence-corrected chi connectivity index (χ1v) is 13.5. The molecule has 1 fully saturated rings. The van der Waals surface area contributed by atoms with E-state index in [4.69, 9.17) is 9.72 Å². The van der Waals surface area contributed by atoms with Gasteiger partial charge in [0.05, 0.1) is 17.6 Å². The van der Waals surface area contributed by atoms with E-state index < -0.39 is 0 Å². The van der Waals surface area contributed by atoms with Crippen LogP contribution in [0.3, 0.4) is 0 Å².